The van der Waals surface area contributed by atoms with Crippen LogP contribution in [0.4, 0.5) is 4.39 Å². The molecule has 0 fully saturated rings. The van der Waals surface area contributed by atoms with E-state index < -0.39 is 0 Å². The number of nitrogens with zero attached hydrogens (tertiary/aromatic N) is 2. The molecule has 0 radical (unpaired) electrons. The second kappa shape index (κ2) is 8.85. The van der Waals surface area contributed by atoms with Crippen LogP contribution in [0.25, 0.3) is 11.3 Å². The average molecular weight is 449 g/mol. The van der Waals surface area contributed by atoms with Crippen molar-refractivity contribution in [3.8, 4) is 11.3 Å². The fraction of sp³-hybridized carbons (Fsp3) is 0.333. The first-order chi connectivity index (χ1) is 14.5. The highest BCUT2D eigenvalue weighted by Gasteiger charge is 2.29. The summed E-state index contributed by atoms with van der Waals surface area (Å²) in [6.45, 7) is 0.930. The number of carbonyl (C=O) groups excluding carboxylic acids is 1. The number of aryl methyl sites for hydroxylation is 1. The summed E-state index contributed by atoms with van der Waals surface area (Å²) in [5.74, 6) is -0.535. The summed E-state index contributed by atoms with van der Waals surface area (Å²) in [5.41, 5.74) is 8.31. The molecule has 0 aliphatic carbocycles. The molecule has 6 nitrogen and oxygen atoms in total. The number of nitrogens with one attached hydrogen (secondary N) is 1. The van der Waals surface area contributed by atoms with Crippen molar-refractivity contribution in [1.29, 1.82) is 0 Å². The molecule has 4 rings (SSSR count). The number of halogens is 2. The standard InChI is InChI=1S/C21H22ClFN4O2S/c1-29-17-5-6-27-19(16(22)11-25-27)15-9-18(30-20(15)17)21(28)26-14(10-24)8-12-3-2-4-13(23)7-12/h2-4,7,9,11,14,17H,5-6,8,10,24H2,1H3,(H,26,28)/t14-,17?/m0/s1. The Labute approximate surface area is 182 Å². The van der Waals surface area contributed by atoms with Gasteiger partial charge < -0.3 is 15.8 Å². The third-order valence-electron chi connectivity index (χ3n) is 5.21. The van der Waals surface area contributed by atoms with Crippen LogP contribution in [0.5, 0.6) is 0 Å². The number of methoxy groups -OCH3 is 1. The summed E-state index contributed by atoms with van der Waals surface area (Å²) in [7, 11) is 1.66. The lowest BCUT2D eigenvalue weighted by molar-refractivity contribution is 0.0941. The molecule has 1 aromatic carbocycles. The first-order valence-corrected chi connectivity index (χ1v) is 10.8. The highest BCUT2D eigenvalue weighted by Crippen LogP contribution is 2.43. The van der Waals surface area contributed by atoms with Gasteiger partial charge in [0, 0.05) is 36.7 Å². The minimum atomic E-state index is -0.312. The van der Waals surface area contributed by atoms with Crippen molar-refractivity contribution in [3.63, 3.8) is 0 Å². The highest BCUT2D eigenvalue weighted by molar-refractivity contribution is 7.14. The molecule has 0 bridgehead atoms. The van der Waals surface area contributed by atoms with E-state index in [0.29, 0.717) is 22.9 Å². The van der Waals surface area contributed by atoms with E-state index in [1.807, 2.05) is 16.8 Å². The third-order valence-corrected chi connectivity index (χ3v) is 6.71. The minimum absolute atomic E-state index is 0.137. The Balaban J connectivity index is 1.59. The Kier molecular flexibility index (Phi) is 6.19. The number of hydrogen-bond donors (Lipinski definition) is 2. The average Bonchev–Trinajstić information content (AvgIpc) is 3.28. The third kappa shape index (κ3) is 4.13. The second-order valence-electron chi connectivity index (χ2n) is 7.21. The minimum Gasteiger partial charge on any atom is -0.376 e. The Morgan fingerprint density at radius 1 is 1.50 bits per heavy atom. The molecule has 3 N–H and O–H groups in total. The number of benzene rings is 1. The zero-order valence-electron chi connectivity index (χ0n) is 16.4. The van der Waals surface area contributed by atoms with Crippen LogP contribution in [-0.4, -0.2) is 35.4 Å². The van der Waals surface area contributed by atoms with Crippen molar-refractivity contribution in [2.45, 2.75) is 31.5 Å². The van der Waals surface area contributed by atoms with Gasteiger partial charge in [-0.15, -0.1) is 11.3 Å². The van der Waals surface area contributed by atoms with Gasteiger partial charge in [-0.1, -0.05) is 23.7 Å². The molecule has 0 spiro atoms. The number of thiophene rings is 1. The zero-order valence-corrected chi connectivity index (χ0v) is 18.0. The molecule has 1 aliphatic rings. The SMILES string of the molecule is COC1CCn2ncc(Cl)c2-c2cc(C(=O)N[C@H](CN)Cc3cccc(F)c3)sc21. The molecule has 3 heterocycles. The van der Waals surface area contributed by atoms with E-state index in [0.717, 1.165) is 28.1 Å². The fourth-order valence-corrected chi connectivity index (χ4v) is 5.15. The molecule has 0 saturated carbocycles. The predicted octanol–water partition coefficient (Wildman–Crippen LogP) is 3.80. The van der Waals surface area contributed by atoms with Crippen LogP contribution in [0, 0.1) is 5.82 Å². The summed E-state index contributed by atoms with van der Waals surface area (Å²) >= 11 is 7.77. The lowest BCUT2D eigenvalue weighted by Crippen LogP contribution is -2.41. The van der Waals surface area contributed by atoms with Crippen molar-refractivity contribution in [1.82, 2.24) is 15.1 Å². The number of nitrogens with two attached hydrogens (primary N) is 1. The summed E-state index contributed by atoms with van der Waals surface area (Å²) in [5, 5.41) is 7.85. The smallest absolute Gasteiger partial charge is 0.261 e. The Morgan fingerprint density at radius 2 is 2.33 bits per heavy atom. The van der Waals surface area contributed by atoms with E-state index in [-0.39, 0.29) is 30.4 Å². The van der Waals surface area contributed by atoms with Crippen molar-refractivity contribution >= 4 is 28.8 Å². The zero-order chi connectivity index (χ0) is 21.3. The van der Waals surface area contributed by atoms with Crippen LogP contribution in [-0.2, 0) is 17.7 Å². The van der Waals surface area contributed by atoms with Gasteiger partial charge in [0.15, 0.2) is 0 Å². The normalized spacial score (nSPS) is 16.5. The van der Waals surface area contributed by atoms with Gasteiger partial charge in [0.05, 0.1) is 27.9 Å². The maximum atomic E-state index is 13.5. The molecule has 0 saturated heterocycles. The number of ether oxygens (including phenoxy) is 1. The van der Waals surface area contributed by atoms with Crippen LogP contribution in [0.15, 0.2) is 36.5 Å². The van der Waals surface area contributed by atoms with Crippen molar-refractivity contribution in [2.24, 2.45) is 5.73 Å². The predicted molar refractivity (Wildman–Crippen MR) is 115 cm³/mol. The molecule has 1 unspecified atom stereocenters. The van der Waals surface area contributed by atoms with E-state index in [1.165, 1.54) is 23.5 Å². The van der Waals surface area contributed by atoms with Gasteiger partial charge in [0.2, 0.25) is 0 Å². The Morgan fingerprint density at radius 3 is 3.07 bits per heavy atom. The number of aromatic nitrogens is 2. The largest absolute Gasteiger partial charge is 0.376 e. The van der Waals surface area contributed by atoms with E-state index in [2.05, 4.69) is 10.4 Å². The molecule has 30 heavy (non-hydrogen) atoms. The summed E-state index contributed by atoms with van der Waals surface area (Å²) in [6.07, 6.45) is 2.67. The molecule has 3 aromatic rings. The van der Waals surface area contributed by atoms with Crippen molar-refractivity contribution in [2.75, 3.05) is 13.7 Å². The molecule has 1 amide bonds. The van der Waals surface area contributed by atoms with Gasteiger partial charge in [0.25, 0.3) is 5.91 Å². The molecular weight excluding hydrogens is 427 g/mol. The lowest BCUT2D eigenvalue weighted by atomic mass is 10.1. The molecule has 2 atom stereocenters. The maximum Gasteiger partial charge on any atom is 0.261 e. The van der Waals surface area contributed by atoms with Crippen molar-refractivity contribution < 1.29 is 13.9 Å². The topological polar surface area (TPSA) is 82.2 Å². The van der Waals surface area contributed by atoms with Crippen LogP contribution in [0.3, 0.4) is 0 Å². The monoisotopic (exact) mass is 448 g/mol. The van der Waals surface area contributed by atoms with E-state index in [1.54, 1.807) is 19.4 Å². The van der Waals surface area contributed by atoms with Gasteiger partial charge in [-0.3, -0.25) is 9.48 Å². The van der Waals surface area contributed by atoms with Crippen molar-refractivity contribution in [3.05, 3.63) is 62.7 Å². The van der Waals surface area contributed by atoms with Crippen LogP contribution in [0.2, 0.25) is 5.02 Å². The molecule has 1 aliphatic heterocycles. The first kappa shape index (κ1) is 21.0. The van der Waals surface area contributed by atoms with Crippen LogP contribution >= 0.6 is 22.9 Å². The van der Waals surface area contributed by atoms with Gasteiger partial charge in [-0.25, -0.2) is 4.39 Å². The number of amides is 1. The molecule has 2 aromatic heterocycles. The van der Waals surface area contributed by atoms with Gasteiger partial charge in [0.1, 0.15) is 5.82 Å². The fourth-order valence-electron chi connectivity index (χ4n) is 3.73. The maximum absolute atomic E-state index is 13.5. The molecule has 9 heteroatoms. The van der Waals surface area contributed by atoms with Gasteiger partial charge >= 0.3 is 0 Å². The Hall–Kier alpha value is -2.26. The highest BCUT2D eigenvalue weighted by atomic mass is 35.5. The van der Waals surface area contributed by atoms with E-state index >= 15 is 0 Å². The number of carbonyl (C=O) groups is 1. The molecule has 158 valence electrons. The number of fused-ring (bicyclic) bond motifs is 3. The summed E-state index contributed by atoms with van der Waals surface area (Å²) < 4.78 is 21.0. The lowest BCUT2D eigenvalue weighted by Gasteiger charge is -2.16. The number of rotatable bonds is 6. The molecular formula is C21H22ClFN4O2S. The van der Waals surface area contributed by atoms with E-state index in [4.69, 9.17) is 22.1 Å². The van der Waals surface area contributed by atoms with Gasteiger partial charge in [-0.2, -0.15) is 5.10 Å². The Bertz CT molecular complexity index is 1070. The number of hydrogen-bond acceptors (Lipinski definition) is 5. The van der Waals surface area contributed by atoms with Crippen LogP contribution < -0.4 is 11.1 Å². The first-order valence-electron chi connectivity index (χ1n) is 9.63. The summed E-state index contributed by atoms with van der Waals surface area (Å²) in [6, 6.07) is 7.83. The quantitative estimate of drug-likeness (QED) is 0.601. The van der Waals surface area contributed by atoms with Gasteiger partial charge in [-0.05, 0) is 36.6 Å². The van der Waals surface area contributed by atoms with E-state index in [9.17, 15) is 9.18 Å². The summed E-state index contributed by atoms with van der Waals surface area (Å²) in [4.78, 5) is 14.5. The second-order valence-corrected chi connectivity index (χ2v) is 8.70. The van der Waals surface area contributed by atoms with Crippen LogP contribution in [0.1, 0.15) is 32.6 Å².